The Hall–Kier alpha value is -0.540. The van der Waals surface area contributed by atoms with E-state index in [0.717, 1.165) is 23.6 Å². The van der Waals surface area contributed by atoms with E-state index in [4.69, 9.17) is 0 Å². The largest absolute Gasteiger partial charge is 0.313 e. The van der Waals surface area contributed by atoms with Gasteiger partial charge in [0.05, 0.1) is 0 Å². The third kappa shape index (κ3) is 6.41. The van der Waals surface area contributed by atoms with Gasteiger partial charge in [-0.3, -0.25) is 0 Å². The summed E-state index contributed by atoms with van der Waals surface area (Å²) >= 11 is 1.80. The fourth-order valence-corrected chi connectivity index (χ4v) is 2.83. The van der Waals surface area contributed by atoms with Crippen molar-refractivity contribution in [1.82, 2.24) is 5.32 Å². The van der Waals surface area contributed by atoms with Crippen LogP contribution in [0.1, 0.15) is 33.6 Å². The summed E-state index contributed by atoms with van der Waals surface area (Å²) in [5.74, 6) is 1.58. The number of rotatable bonds is 8. The maximum absolute atomic E-state index is 12.8. The molecule has 1 N–H and O–H groups in total. The molecule has 0 aliphatic rings. The Morgan fingerprint density at radius 1 is 1.22 bits per heavy atom. The van der Waals surface area contributed by atoms with Gasteiger partial charge in [0.1, 0.15) is 5.82 Å². The van der Waals surface area contributed by atoms with E-state index in [1.165, 1.54) is 18.6 Å². The molecule has 1 atom stereocenters. The Bertz CT molecular complexity index is 324. The molecular weight excluding hydrogens is 245 g/mol. The third-order valence-corrected chi connectivity index (χ3v) is 3.88. The number of benzene rings is 1. The second kappa shape index (κ2) is 8.54. The van der Waals surface area contributed by atoms with Crippen molar-refractivity contribution in [2.24, 2.45) is 5.92 Å². The molecule has 0 aliphatic heterocycles. The molecule has 0 heterocycles. The summed E-state index contributed by atoms with van der Waals surface area (Å²) in [6, 6.07) is 7.30. The van der Waals surface area contributed by atoms with E-state index in [0.29, 0.717) is 12.0 Å². The number of thioether (sulfide) groups is 1. The van der Waals surface area contributed by atoms with Crippen molar-refractivity contribution >= 4 is 11.8 Å². The van der Waals surface area contributed by atoms with Gasteiger partial charge in [0, 0.05) is 16.7 Å². The smallest absolute Gasteiger partial charge is 0.123 e. The second-order valence-corrected chi connectivity index (χ2v) is 6.14. The molecule has 0 saturated heterocycles. The van der Waals surface area contributed by atoms with Crippen LogP contribution < -0.4 is 5.32 Å². The van der Waals surface area contributed by atoms with Gasteiger partial charge in [-0.05, 0) is 49.6 Å². The van der Waals surface area contributed by atoms with Crippen LogP contribution in [-0.4, -0.2) is 18.3 Å². The van der Waals surface area contributed by atoms with Gasteiger partial charge in [-0.25, -0.2) is 4.39 Å². The molecule has 1 aromatic carbocycles. The van der Waals surface area contributed by atoms with Crippen molar-refractivity contribution < 1.29 is 4.39 Å². The molecule has 1 unspecified atom stereocenters. The zero-order chi connectivity index (χ0) is 13.4. The van der Waals surface area contributed by atoms with Crippen molar-refractivity contribution in [1.29, 1.82) is 0 Å². The second-order valence-electron chi connectivity index (χ2n) is 5.05. The summed E-state index contributed by atoms with van der Waals surface area (Å²) in [5, 5.41) is 3.59. The highest BCUT2D eigenvalue weighted by molar-refractivity contribution is 7.99. The van der Waals surface area contributed by atoms with Crippen LogP contribution in [0.4, 0.5) is 4.39 Å². The lowest BCUT2D eigenvalue weighted by Gasteiger charge is -2.20. The monoisotopic (exact) mass is 269 g/mol. The summed E-state index contributed by atoms with van der Waals surface area (Å²) in [4.78, 5) is 1.14. The van der Waals surface area contributed by atoms with Gasteiger partial charge in [0.25, 0.3) is 0 Å². The highest BCUT2D eigenvalue weighted by Crippen LogP contribution is 2.21. The first-order valence-electron chi connectivity index (χ1n) is 6.73. The standard InChI is InChI=1S/C15H24FNS/c1-4-9-17-14(10-12(2)3)11-18-15-7-5-13(16)6-8-15/h5-8,12,14,17H,4,9-11H2,1-3H3. The highest BCUT2D eigenvalue weighted by Gasteiger charge is 2.10. The molecule has 1 rings (SSSR count). The number of hydrogen-bond donors (Lipinski definition) is 1. The first-order valence-corrected chi connectivity index (χ1v) is 7.72. The van der Waals surface area contributed by atoms with E-state index >= 15 is 0 Å². The zero-order valence-electron chi connectivity index (χ0n) is 11.6. The molecule has 0 aliphatic carbocycles. The molecule has 0 radical (unpaired) electrons. The molecule has 0 aromatic heterocycles. The maximum Gasteiger partial charge on any atom is 0.123 e. The number of halogens is 1. The van der Waals surface area contributed by atoms with Crippen LogP contribution in [0.15, 0.2) is 29.2 Å². The molecule has 0 spiro atoms. The van der Waals surface area contributed by atoms with Gasteiger partial charge >= 0.3 is 0 Å². The van der Waals surface area contributed by atoms with Gasteiger partial charge in [-0.15, -0.1) is 11.8 Å². The van der Waals surface area contributed by atoms with Crippen LogP contribution in [0.3, 0.4) is 0 Å². The van der Waals surface area contributed by atoms with E-state index in [2.05, 4.69) is 26.1 Å². The number of nitrogens with one attached hydrogen (secondary N) is 1. The summed E-state index contributed by atoms with van der Waals surface area (Å²) in [5.41, 5.74) is 0. The van der Waals surface area contributed by atoms with E-state index in [9.17, 15) is 4.39 Å². The molecular formula is C15H24FNS. The molecule has 3 heteroatoms. The molecule has 0 amide bonds. The normalized spacial score (nSPS) is 12.9. The van der Waals surface area contributed by atoms with Crippen molar-refractivity contribution in [2.75, 3.05) is 12.3 Å². The average Bonchev–Trinajstić information content (AvgIpc) is 2.34. The minimum Gasteiger partial charge on any atom is -0.313 e. The van der Waals surface area contributed by atoms with Gasteiger partial charge in [-0.2, -0.15) is 0 Å². The Morgan fingerprint density at radius 2 is 1.89 bits per heavy atom. The lowest BCUT2D eigenvalue weighted by atomic mass is 10.1. The Balaban J connectivity index is 2.42. The fraction of sp³-hybridized carbons (Fsp3) is 0.600. The first-order chi connectivity index (χ1) is 8.61. The van der Waals surface area contributed by atoms with Crippen molar-refractivity contribution in [3.63, 3.8) is 0 Å². The highest BCUT2D eigenvalue weighted by atomic mass is 32.2. The minimum absolute atomic E-state index is 0.165. The van der Waals surface area contributed by atoms with Gasteiger partial charge < -0.3 is 5.32 Å². The van der Waals surface area contributed by atoms with Crippen molar-refractivity contribution in [3.8, 4) is 0 Å². The average molecular weight is 269 g/mol. The van der Waals surface area contributed by atoms with Crippen LogP contribution in [0.25, 0.3) is 0 Å². The Morgan fingerprint density at radius 3 is 2.44 bits per heavy atom. The molecule has 0 saturated carbocycles. The van der Waals surface area contributed by atoms with Crippen LogP contribution in [-0.2, 0) is 0 Å². The summed E-state index contributed by atoms with van der Waals surface area (Å²) in [7, 11) is 0. The van der Waals surface area contributed by atoms with Crippen LogP contribution in [0.5, 0.6) is 0 Å². The van der Waals surface area contributed by atoms with Crippen molar-refractivity contribution in [3.05, 3.63) is 30.1 Å². The van der Waals surface area contributed by atoms with Gasteiger partial charge in [0.15, 0.2) is 0 Å². The quantitative estimate of drug-likeness (QED) is 0.705. The van der Waals surface area contributed by atoms with E-state index in [1.807, 2.05) is 12.1 Å². The molecule has 0 fully saturated rings. The van der Waals surface area contributed by atoms with Crippen molar-refractivity contribution in [2.45, 2.75) is 44.6 Å². The minimum atomic E-state index is -0.165. The maximum atomic E-state index is 12.8. The van der Waals surface area contributed by atoms with Crippen LogP contribution >= 0.6 is 11.8 Å². The molecule has 18 heavy (non-hydrogen) atoms. The predicted molar refractivity (Wildman–Crippen MR) is 78.7 cm³/mol. The summed E-state index contributed by atoms with van der Waals surface area (Å²) in [6.45, 7) is 7.76. The summed E-state index contributed by atoms with van der Waals surface area (Å²) < 4.78 is 12.8. The summed E-state index contributed by atoms with van der Waals surface area (Å²) in [6.07, 6.45) is 2.35. The molecule has 102 valence electrons. The molecule has 1 aromatic rings. The van der Waals surface area contributed by atoms with Crippen LogP contribution in [0.2, 0.25) is 0 Å². The fourth-order valence-electron chi connectivity index (χ4n) is 1.86. The molecule has 0 bridgehead atoms. The Labute approximate surface area is 115 Å². The first kappa shape index (κ1) is 15.5. The molecule has 1 nitrogen and oxygen atoms in total. The van der Waals surface area contributed by atoms with E-state index in [1.54, 1.807) is 11.8 Å². The van der Waals surface area contributed by atoms with E-state index in [-0.39, 0.29) is 5.82 Å². The van der Waals surface area contributed by atoms with E-state index < -0.39 is 0 Å². The SMILES string of the molecule is CCCNC(CSc1ccc(F)cc1)CC(C)C. The number of hydrogen-bond acceptors (Lipinski definition) is 2. The van der Waals surface area contributed by atoms with Gasteiger partial charge in [0.2, 0.25) is 0 Å². The topological polar surface area (TPSA) is 12.0 Å². The lowest BCUT2D eigenvalue weighted by molar-refractivity contribution is 0.448. The zero-order valence-corrected chi connectivity index (χ0v) is 12.4. The third-order valence-electron chi connectivity index (χ3n) is 2.70. The van der Waals surface area contributed by atoms with Crippen LogP contribution in [0, 0.1) is 11.7 Å². The Kier molecular flexibility index (Phi) is 7.36. The lowest BCUT2D eigenvalue weighted by Crippen LogP contribution is -2.33. The predicted octanol–water partition coefficient (Wildman–Crippen LogP) is 4.33. The van der Waals surface area contributed by atoms with Gasteiger partial charge in [-0.1, -0.05) is 20.8 Å².